The number of hydrogen-bond acceptors (Lipinski definition) is 4. The molecule has 0 spiro atoms. The molecule has 0 saturated heterocycles. The molecule has 1 amide bonds. The number of rotatable bonds is 5. The fourth-order valence-electron chi connectivity index (χ4n) is 2.60. The van der Waals surface area contributed by atoms with Crippen molar-refractivity contribution in [3.8, 4) is 0 Å². The van der Waals surface area contributed by atoms with E-state index >= 15 is 0 Å². The number of anilines is 1. The van der Waals surface area contributed by atoms with Gasteiger partial charge in [0.2, 0.25) is 0 Å². The maximum Gasteiger partial charge on any atom is 0.254 e. The number of carbonyl (C=O) groups excluding carboxylic acids is 1. The predicted molar refractivity (Wildman–Crippen MR) is 75.8 cm³/mol. The zero-order valence-corrected chi connectivity index (χ0v) is 11.7. The van der Waals surface area contributed by atoms with Gasteiger partial charge in [-0.1, -0.05) is 12.8 Å². The Labute approximate surface area is 118 Å². The van der Waals surface area contributed by atoms with Crippen LogP contribution >= 0.6 is 0 Å². The number of nitrogens with two attached hydrogens (primary N) is 1. The molecule has 3 N–H and O–H groups in total. The molecular weight excluding hydrogens is 259 g/mol. The van der Waals surface area contributed by atoms with Gasteiger partial charge >= 0.3 is 0 Å². The van der Waals surface area contributed by atoms with Gasteiger partial charge in [-0.2, -0.15) is 0 Å². The molecule has 0 aromatic carbocycles. The molecule has 0 radical (unpaired) electrons. The second-order valence-corrected chi connectivity index (χ2v) is 5.23. The number of nitrogens with one attached hydrogen (secondary N) is 1. The summed E-state index contributed by atoms with van der Waals surface area (Å²) in [7, 11) is 2.06. The zero-order valence-electron chi connectivity index (χ0n) is 11.7. The summed E-state index contributed by atoms with van der Waals surface area (Å²) < 4.78 is 13.6. The van der Waals surface area contributed by atoms with Gasteiger partial charge in [-0.05, 0) is 26.0 Å². The molecule has 1 aliphatic rings. The van der Waals surface area contributed by atoms with Crippen LogP contribution in [0.15, 0.2) is 12.3 Å². The molecule has 1 saturated carbocycles. The Balaban J connectivity index is 1.81. The van der Waals surface area contributed by atoms with Crippen molar-refractivity contribution in [1.82, 2.24) is 15.2 Å². The Morgan fingerprint density at radius 1 is 1.55 bits per heavy atom. The third kappa shape index (κ3) is 3.45. The number of hydrogen-bond donors (Lipinski definition) is 2. The molecule has 1 aromatic heterocycles. The Morgan fingerprint density at radius 2 is 2.25 bits per heavy atom. The molecule has 1 aliphatic carbocycles. The lowest BCUT2D eigenvalue weighted by Crippen LogP contribution is -2.37. The number of nitrogen functional groups attached to an aromatic ring is 1. The Morgan fingerprint density at radius 3 is 2.95 bits per heavy atom. The minimum absolute atomic E-state index is 0.0546. The maximum atomic E-state index is 13.6. The van der Waals surface area contributed by atoms with Crippen LogP contribution in [0.2, 0.25) is 0 Å². The van der Waals surface area contributed by atoms with E-state index in [-0.39, 0.29) is 11.4 Å². The summed E-state index contributed by atoms with van der Waals surface area (Å²) in [6.07, 6.45) is 6.34. The fraction of sp³-hybridized carbons (Fsp3) is 0.571. The van der Waals surface area contributed by atoms with Crippen molar-refractivity contribution in [2.75, 3.05) is 25.9 Å². The van der Waals surface area contributed by atoms with Crippen LogP contribution in [0.5, 0.6) is 0 Å². The van der Waals surface area contributed by atoms with Crippen LogP contribution in [0.3, 0.4) is 0 Å². The normalized spacial score (nSPS) is 15.8. The number of nitrogens with zero attached hydrogens (tertiary/aromatic N) is 2. The summed E-state index contributed by atoms with van der Waals surface area (Å²) in [6.45, 7) is 1.26. The number of pyridine rings is 1. The van der Waals surface area contributed by atoms with Gasteiger partial charge in [0.05, 0.1) is 5.56 Å². The molecule has 0 atom stereocenters. The zero-order chi connectivity index (χ0) is 14.5. The number of amides is 1. The largest absolute Gasteiger partial charge is 0.381 e. The summed E-state index contributed by atoms with van der Waals surface area (Å²) in [6, 6.07) is 1.95. The summed E-state index contributed by atoms with van der Waals surface area (Å²) in [5, 5.41) is 2.72. The van der Waals surface area contributed by atoms with Crippen LogP contribution in [0, 0.1) is 5.82 Å². The van der Waals surface area contributed by atoms with Crippen LogP contribution in [-0.2, 0) is 0 Å². The van der Waals surface area contributed by atoms with E-state index in [0.717, 1.165) is 6.54 Å². The van der Waals surface area contributed by atoms with E-state index in [9.17, 15) is 9.18 Å². The summed E-state index contributed by atoms with van der Waals surface area (Å²) in [5.74, 6) is -1.45. The lowest BCUT2D eigenvalue weighted by Gasteiger charge is -2.23. The van der Waals surface area contributed by atoms with Gasteiger partial charge in [-0.25, -0.2) is 9.37 Å². The highest BCUT2D eigenvalue weighted by atomic mass is 19.1. The van der Waals surface area contributed by atoms with Crippen molar-refractivity contribution in [3.05, 3.63) is 23.6 Å². The van der Waals surface area contributed by atoms with Crippen LogP contribution in [0.4, 0.5) is 10.2 Å². The average Bonchev–Trinajstić information content (AvgIpc) is 2.95. The minimum atomic E-state index is -0.755. The summed E-state index contributed by atoms with van der Waals surface area (Å²) in [5.41, 5.74) is 5.29. The van der Waals surface area contributed by atoms with Gasteiger partial charge in [0, 0.05) is 25.3 Å². The van der Waals surface area contributed by atoms with Gasteiger partial charge in [0.1, 0.15) is 0 Å². The Hall–Kier alpha value is -1.69. The molecule has 6 heteroatoms. The van der Waals surface area contributed by atoms with E-state index < -0.39 is 11.7 Å². The highest BCUT2D eigenvalue weighted by Crippen LogP contribution is 2.21. The molecule has 1 aromatic rings. The molecule has 20 heavy (non-hydrogen) atoms. The second-order valence-electron chi connectivity index (χ2n) is 5.23. The van der Waals surface area contributed by atoms with Crippen LogP contribution in [0.1, 0.15) is 36.0 Å². The minimum Gasteiger partial charge on any atom is -0.381 e. The third-order valence-corrected chi connectivity index (χ3v) is 3.86. The fourth-order valence-corrected chi connectivity index (χ4v) is 2.60. The van der Waals surface area contributed by atoms with Gasteiger partial charge in [-0.15, -0.1) is 0 Å². The van der Waals surface area contributed by atoms with Crippen LogP contribution < -0.4 is 11.1 Å². The van der Waals surface area contributed by atoms with Crippen LogP contribution in [-0.4, -0.2) is 42.0 Å². The van der Waals surface area contributed by atoms with E-state index in [1.165, 1.54) is 37.9 Å². The molecular formula is C14H21FN4O. The predicted octanol–water partition coefficient (Wildman–Crippen LogP) is 1.41. The van der Waals surface area contributed by atoms with E-state index in [1.54, 1.807) is 0 Å². The first-order chi connectivity index (χ1) is 9.59. The summed E-state index contributed by atoms with van der Waals surface area (Å²) in [4.78, 5) is 17.7. The lowest BCUT2D eigenvalue weighted by atomic mass is 10.2. The topological polar surface area (TPSA) is 71.2 Å². The van der Waals surface area contributed by atoms with Gasteiger partial charge in [0.25, 0.3) is 5.91 Å². The van der Waals surface area contributed by atoms with Crippen LogP contribution in [0.25, 0.3) is 0 Å². The number of likely N-dealkylation sites (N-methyl/N-ethyl adjacent to an activating group) is 1. The smallest absolute Gasteiger partial charge is 0.254 e. The van der Waals surface area contributed by atoms with Crippen molar-refractivity contribution < 1.29 is 9.18 Å². The third-order valence-electron chi connectivity index (χ3n) is 3.86. The monoisotopic (exact) mass is 280 g/mol. The molecule has 1 heterocycles. The lowest BCUT2D eigenvalue weighted by molar-refractivity contribution is 0.0943. The van der Waals surface area contributed by atoms with Gasteiger partial charge in [0.15, 0.2) is 11.6 Å². The van der Waals surface area contributed by atoms with E-state index in [2.05, 4.69) is 22.2 Å². The Kier molecular flexibility index (Phi) is 4.89. The number of carbonyl (C=O) groups is 1. The van der Waals surface area contributed by atoms with Crippen molar-refractivity contribution in [1.29, 1.82) is 0 Å². The van der Waals surface area contributed by atoms with Gasteiger partial charge in [-0.3, -0.25) is 4.79 Å². The first kappa shape index (κ1) is 14.7. The number of halogens is 1. The average molecular weight is 280 g/mol. The summed E-state index contributed by atoms with van der Waals surface area (Å²) >= 11 is 0. The van der Waals surface area contributed by atoms with Crippen molar-refractivity contribution in [2.45, 2.75) is 31.7 Å². The van der Waals surface area contributed by atoms with E-state index in [0.29, 0.717) is 12.6 Å². The van der Waals surface area contributed by atoms with E-state index in [1.807, 2.05) is 0 Å². The Bertz CT molecular complexity index is 474. The molecule has 110 valence electrons. The SMILES string of the molecule is CN(CCNC(=O)c1ccnc(N)c1F)C1CCCC1. The number of aromatic nitrogens is 1. The first-order valence-corrected chi connectivity index (χ1v) is 6.98. The first-order valence-electron chi connectivity index (χ1n) is 6.98. The molecule has 0 aliphatic heterocycles. The molecule has 1 fully saturated rings. The molecule has 2 rings (SSSR count). The van der Waals surface area contributed by atoms with Crippen molar-refractivity contribution in [3.63, 3.8) is 0 Å². The van der Waals surface area contributed by atoms with Crippen molar-refractivity contribution in [2.24, 2.45) is 0 Å². The van der Waals surface area contributed by atoms with E-state index in [4.69, 9.17) is 5.73 Å². The van der Waals surface area contributed by atoms with Gasteiger partial charge < -0.3 is 16.0 Å². The molecule has 0 bridgehead atoms. The molecule has 5 nitrogen and oxygen atoms in total. The molecule has 0 unspecified atom stereocenters. The second kappa shape index (κ2) is 6.65. The quantitative estimate of drug-likeness (QED) is 0.855. The van der Waals surface area contributed by atoms with Crippen molar-refractivity contribution >= 4 is 11.7 Å². The maximum absolute atomic E-state index is 13.6. The highest BCUT2D eigenvalue weighted by molar-refractivity contribution is 5.95. The highest BCUT2D eigenvalue weighted by Gasteiger charge is 2.19. The standard InChI is InChI=1S/C14H21FN4O/c1-19(10-4-2-3-5-10)9-8-18-14(20)11-6-7-17-13(16)12(11)15/h6-7,10H,2-5,8-9H2,1H3,(H2,16,17)(H,18,20).